The third-order valence-electron chi connectivity index (χ3n) is 3.37. The van der Waals surface area contributed by atoms with Crippen LogP contribution in [0.4, 0.5) is 5.69 Å². The van der Waals surface area contributed by atoms with Gasteiger partial charge in [0.15, 0.2) is 5.82 Å². The lowest BCUT2D eigenvalue weighted by Gasteiger charge is -2.11. The number of nitrogens with zero attached hydrogens (tertiary/aromatic N) is 2. The van der Waals surface area contributed by atoms with Gasteiger partial charge >= 0.3 is 0 Å². The Labute approximate surface area is 116 Å². The summed E-state index contributed by atoms with van der Waals surface area (Å²) in [5, 5.41) is 9.92. The molecule has 1 aliphatic heterocycles. The van der Waals surface area contributed by atoms with Crippen molar-refractivity contribution >= 4 is 11.6 Å². The van der Waals surface area contributed by atoms with Crippen LogP contribution in [0.1, 0.15) is 12.2 Å². The maximum absolute atomic E-state index is 12.2. The topological polar surface area (TPSA) is 80.0 Å². The van der Waals surface area contributed by atoms with Crippen molar-refractivity contribution in [1.82, 2.24) is 15.5 Å². The number of para-hydroxylation sites is 1. The first kappa shape index (κ1) is 12.8. The molecule has 2 heterocycles. The Morgan fingerprint density at radius 1 is 1.45 bits per heavy atom. The number of aryl methyl sites for hydroxylation is 1. The summed E-state index contributed by atoms with van der Waals surface area (Å²) in [6.45, 7) is 3.38. The van der Waals surface area contributed by atoms with Crippen molar-refractivity contribution in [3.8, 4) is 11.5 Å². The summed E-state index contributed by atoms with van der Waals surface area (Å²) >= 11 is 0. The van der Waals surface area contributed by atoms with Crippen LogP contribution in [0.15, 0.2) is 28.8 Å². The Bertz CT molecular complexity index is 617. The van der Waals surface area contributed by atoms with E-state index in [1.54, 1.807) is 6.92 Å². The monoisotopic (exact) mass is 272 g/mol. The minimum absolute atomic E-state index is 0.0208. The van der Waals surface area contributed by atoms with Crippen LogP contribution in [0.3, 0.4) is 0 Å². The minimum atomic E-state index is 0.0208. The van der Waals surface area contributed by atoms with Crippen molar-refractivity contribution in [2.24, 2.45) is 5.92 Å². The lowest BCUT2D eigenvalue weighted by atomic mass is 10.1. The average Bonchev–Trinajstić information content (AvgIpc) is 3.10. The second-order valence-electron chi connectivity index (χ2n) is 4.87. The highest BCUT2D eigenvalue weighted by Crippen LogP contribution is 2.27. The van der Waals surface area contributed by atoms with Gasteiger partial charge in [0.05, 0.1) is 17.2 Å². The van der Waals surface area contributed by atoms with Crippen molar-refractivity contribution in [3.63, 3.8) is 0 Å². The number of aromatic nitrogens is 2. The molecule has 3 rings (SSSR count). The Kier molecular flexibility index (Phi) is 3.47. The van der Waals surface area contributed by atoms with E-state index in [1.807, 2.05) is 24.3 Å². The normalized spacial score (nSPS) is 18.1. The molecule has 0 spiro atoms. The van der Waals surface area contributed by atoms with Crippen LogP contribution >= 0.6 is 0 Å². The number of hydrogen-bond acceptors (Lipinski definition) is 5. The van der Waals surface area contributed by atoms with Crippen LogP contribution in [0.5, 0.6) is 0 Å². The molecule has 1 unspecified atom stereocenters. The van der Waals surface area contributed by atoms with Gasteiger partial charge in [0.1, 0.15) is 0 Å². The summed E-state index contributed by atoms with van der Waals surface area (Å²) in [4.78, 5) is 16.4. The molecule has 0 radical (unpaired) electrons. The first-order valence-electron chi connectivity index (χ1n) is 6.65. The number of hydrogen-bond donors (Lipinski definition) is 2. The highest BCUT2D eigenvalue weighted by Gasteiger charge is 2.23. The second kappa shape index (κ2) is 5.42. The first-order valence-corrected chi connectivity index (χ1v) is 6.65. The van der Waals surface area contributed by atoms with Crippen LogP contribution in [0.25, 0.3) is 11.5 Å². The van der Waals surface area contributed by atoms with E-state index in [9.17, 15) is 4.79 Å². The van der Waals surface area contributed by atoms with Gasteiger partial charge in [-0.25, -0.2) is 0 Å². The van der Waals surface area contributed by atoms with E-state index in [-0.39, 0.29) is 11.8 Å². The van der Waals surface area contributed by atoms with Gasteiger partial charge in [-0.05, 0) is 32.0 Å². The molecule has 0 aliphatic carbocycles. The van der Waals surface area contributed by atoms with Crippen molar-refractivity contribution in [3.05, 3.63) is 30.1 Å². The molecule has 0 saturated carbocycles. The fraction of sp³-hybridized carbons (Fsp3) is 0.357. The molecule has 1 aliphatic rings. The molecule has 2 N–H and O–H groups in total. The van der Waals surface area contributed by atoms with Gasteiger partial charge in [-0.1, -0.05) is 17.3 Å². The van der Waals surface area contributed by atoms with Crippen LogP contribution in [0, 0.1) is 12.8 Å². The van der Waals surface area contributed by atoms with Crippen LogP contribution in [-0.4, -0.2) is 29.1 Å². The van der Waals surface area contributed by atoms with E-state index >= 15 is 0 Å². The van der Waals surface area contributed by atoms with Gasteiger partial charge in [-0.3, -0.25) is 4.79 Å². The van der Waals surface area contributed by atoms with E-state index in [4.69, 9.17) is 4.52 Å². The standard InChI is InChI=1S/C14H16N4O2/c1-9-16-14(20-18-9)11-4-2-3-5-12(11)17-13(19)10-6-7-15-8-10/h2-5,10,15H,6-8H2,1H3,(H,17,19). The molecule has 6 heteroatoms. The van der Waals surface area contributed by atoms with Gasteiger partial charge in [-0.2, -0.15) is 4.98 Å². The largest absolute Gasteiger partial charge is 0.334 e. The molecule has 0 bridgehead atoms. The molecule has 20 heavy (non-hydrogen) atoms. The average molecular weight is 272 g/mol. The van der Waals surface area contributed by atoms with E-state index in [0.717, 1.165) is 25.1 Å². The number of amides is 1. The van der Waals surface area contributed by atoms with Gasteiger partial charge in [-0.15, -0.1) is 0 Å². The minimum Gasteiger partial charge on any atom is -0.334 e. The molecular formula is C14H16N4O2. The number of benzene rings is 1. The van der Waals surface area contributed by atoms with Crippen molar-refractivity contribution < 1.29 is 9.32 Å². The maximum atomic E-state index is 12.2. The number of carbonyl (C=O) groups excluding carboxylic acids is 1. The summed E-state index contributed by atoms with van der Waals surface area (Å²) in [7, 11) is 0. The highest BCUT2D eigenvalue weighted by molar-refractivity contribution is 5.96. The molecule has 1 atom stereocenters. The summed E-state index contributed by atoms with van der Waals surface area (Å²) in [6.07, 6.45) is 0.869. The van der Waals surface area contributed by atoms with E-state index < -0.39 is 0 Å². The van der Waals surface area contributed by atoms with Gasteiger partial charge in [0.2, 0.25) is 5.91 Å². The van der Waals surface area contributed by atoms with Crippen LogP contribution < -0.4 is 10.6 Å². The Morgan fingerprint density at radius 3 is 3.00 bits per heavy atom. The maximum Gasteiger partial charge on any atom is 0.260 e. The van der Waals surface area contributed by atoms with Crippen molar-refractivity contribution in [1.29, 1.82) is 0 Å². The summed E-state index contributed by atoms with van der Waals surface area (Å²) in [6, 6.07) is 7.45. The van der Waals surface area contributed by atoms with E-state index in [0.29, 0.717) is 17.4 Å². The smallest absolute Gasteiger partial charge is 0.260 e. The number of nitrogens with one attached hydrogen (secondary N) is 2. The first-order chi connectivity index (χ1) is 9.74. The Hall–Kier alpha value is -2.21. The third kappa shape index (κ3) is 2.55. The molecule has 1 aromatic carbocycles. The Morgan fingerprint density at radius 2 is 2.30 bits per heavy atom. The molecule has 1 aromatic heterocycles. The number of rotatable bonds is 3. The lowest BCUT2D eigenvalue weighted by molar-refractivity contribution is -0.119. The quantitative estimate of drug-likeness (QED) is 0.887. The predicted molar refractivity (Wildman–Crippen MR) is 74.1 cm³/mol. The summed E-state index contributed by atoms with van der Waals surface area (Å²) < 4.78 is 5.17. The van der Waals surface area contributed by atoms with Crippen LogP contribution in [0.2, 0.25) is 0 Å². The zero-order chi connectivity index (χ0) is 13.9. The molecule has 1 fully saturated rings. The van der Waals surface area contributed by atoms with E-state index in [2.05, 4.69) is 20.8 Å². The second-order valence-corrected chi connectivity index (χ2v) is 4.87. The molecule has 2 aromatic rings. The van der Waals surface area contributed by atoms with Gasteiger partial charge < -0.3 is 15.2 Å². The van der Waals surface area contributed by atoms with Gasteiger partial charge in [0, 0.05) is 6.54 Å². The SMILES string of the molecule is Cc1noc(-c2ccccc2NC(=O)C2CCNC2)n1. The highest BCUT2D eigenvalue weighted by atomic mass is 16.5. The van der Waals surface area contributed by atoms with Crippen molar-refractivity contribution in [2.45, 2.75) is 13.3 Å². The third-order valence-corrected chi connectivity index (χ3v) is 3.37. The molecule has 6 nitrogen and oxygen atoms in total. The van der Waals surface area contributed by atoms with Crippen molar-refractivity contribution in [2.75, 3.05) is 18.4 Å². The zero-order valence-electron chi connectivity index (χ0n) is 11.2. The molecule has 104 valence electrons. The summed E-state index contributed by atoms with van der Waals surface area (Å²) in [5.74, 6) is 1.04. The predicted octanol–water partition coefficient (Wildman–Crippen LogP) is 1.59. The molecule has 1 amide bonds. The van der Waals surface area contributed by atoms with Gasteiger partial charge in [0.25, 0.3) is 5.89 Å². The van der Waals surface area contributed by atoms with E-state index in [1.165, 1.54) is 0 Å². The molecule has 1 saturated heterocycles. The fourth-order valence-corrected chi connectivity index (χ4v) is 2.30. The Balaban J connectivity index is 1.84. The van der Waals surface area contributed by atoms with Crippen LogP contribution in [-0.2, 0) is 4.79 Å². The number of carbonyl (C=O) groups is 1. The lowest BCUT2D eigenvalue weighted by Crippen LogP contribution is -2.24. The summed E-state index contributed by atoms with van der Waals surface area (Å²) in [5.41, 5.74) is 1.44. The number of anilines is 1. The molecular weight excluding hydrogens is 256 g/mol. The fourth-order valence-electron chi connectivity index (χ4n) is 2.30. The zero-order valence-corrected chi connectivity index (χ0v) is 11.2.